The number of thiocarbonyl (C=S) groups is 1. The van der Waals surface area contributed by atoms with Gasteiger partial charge in [-0.3, -0.25) is 29.1 Å². The van der Waals surface area contributed by atoms with Gasteiger partial charge in [-0.25, -0.2) is 18.2 Å². The topological polar surface area (TPSA) is 190 Å². The zero-order valence-electron chi connectivity index (χ0n) is 41.5. The number of hydrogen-bond donors (Lipinski definition) is 3. The number of carbonyl (C=O) groups is 4. The zero-order valence-corrected chi connectivity index (χ0v) is 43.1. The lowest BCUT2D eigenvalue weighted by Crippen LogP contribution is -2.58. The molecule has 2 saturated heterocycles. The van der Waals surface area contributed by atoms with Gasteiger partial charge in [-0.2, -0.15) is 18.4 Å². The summed E-state index contributed by atoms with van der Waals surface area (Å²) in [6.45, 7) is 9.63. The van der Waals surface area contributed by atoms with E-state index < -0.39 is 106 Å². The van der Waals surface area contributed by atoms with Crippen LogP contribution in [0.3, 0.4) is 0 Å². The van der Waals surface area contributed by atoms with Crippen molar-refractivity contribution in [2.24, 2.45) is 5.41 Å². The van der Waals surface area contributed by atoms with Crippen molar-refractivity contribution in [1.29, 1.82) is 5.26 Å². The molecule has 15 nitrogen and oxygen atoms in total. The number of amides is 4. The molecule has 2 aliphatic heterocycles. The summed E-state index contributed by atoms with van der Waals surface area (Å²) in [6.07, 6.45) is -4.37. The highest BCUT2D eigenvalue weighted by Crippen LogP contribution is 2.42. The van der Waals surface area contributed by atoms with E-state index in [0.29, 0.717) is 11.3 Å². The lowest BCUT2D eigenvalue weighted by atomic mass is 9.85. The van der Waals surface area contributed by atoms with E-state index in [2.05, 4.69) is 20.6 Å². The number of nitrogens with one attached hydrogen (secondary N) is 2. The number of hydrogen-bond acceptors (Lipinski definition) is 12. The molecule has 0 saturated carbocycles. The molecule has 0 bridgehead atoms. The van der Waals surface area contributed by atoms with Gasteiger partial charge in [-0.15, -0.1) is 11.3 Å². The van der Waals surface area contributed by atoms with Crippen LogP contribution < -0.4 is 25.2 Å². The van der Waals surface area contributed by atoms with E-state index in [0.717, 1.165) is 46.0 Å². The average Bonchev–Trinajstić information content (AvgIpc) is 4.01. The number of nitrogens with zero attached hydrogens (tertiary/aromatic N) is 6. The number of aliphatic hydroxyl groups is 1. The van der Waals surface area contributed by atoms with Gasteiger partial charge >= 0.3 is 6.18 Å². The molecule has 2 fully saturated rings. The van der Waals surface area contributed by atoms with Crippen molar-refractivity contribution in [1.82, 2.24) is 25.5 Å². The standard InChI is InChI=1S/C52H52F6N8O7S2/c1-28-44(75-27-62-28)30-11-9-29(10-12-30)23-61-46(69)39-21-34(67)25-64(39)47(70)45(50(2,3)4)63-40(68)26-72-17-7-8-18-73-43-35(53)19-32(20-36(43)54)37-15-14-33(24-60-37)66-49(74)65(48(71)51(66,5)6)38-16-13-31(22-59)41(42(38)55)52(56,57)58/h9-16,19-20,24,27,34,39,45,67H,7-8,17-18,21,23,25-26H2,1-6H3,(H,61,69)(H,63,68)/t34-,39+,45-/m1/s1. The molecule has 3 atom stereocenters. The number of ether oxygens (including phenoxy) is 2. The first kappa shape index (κ1) is 55.7. The molecule has 0 unspecified atom stereocenters. The Morgan fingerprint density at radius 1 is 0.987 bits per heavy atom. The van der Waals surface area contributed by atoms with Crippen molar-refractivity contribution < 1.29 is 60.1 Å². The summed E-state index contributed by atoms with van der Waals surface area (Å²) in [4.78, 5) is 66.8. The third-order valence-electron chi connectivity index (χ3n) is 12.6. The van der Waals surface area contributed by atoms with E-state index in [1.54, 1.807) is 26.3 Å². The summed E-state index contributed by atoms with van der Waals surface area (Å²) in [7, 11) is 0. The molecule has 0 aliphatic carbocycles. The minimum absolute atomic E-state index is 0.00541. The Balaban J connectivity index is 0.876. The predicted molar refractivity (Wildman–Crippen MR) is 270 cm³/mol. The molecule has 3 N–H and O–H groups in total. The minimum atomic E-state index is -5.26. The molecule has 0 spiro atoms. The van der Waals surface area contributed by atoms with E-state index in [4.69, 9.17) is 21.7 Å². The van der Waals surface area contributed by atoms with Crippen molar-refractivity contribution in [3.05, 3.63) is 112 Å². The normalized spacial score (nSPS) is 17.0. The van der Waals surface area contributed by atoms with Crippen LogP contribution in [0, 0.1) is 41.1 Å². The maximum absolute atomic E-state index is 15.4. The van der Waals surface area contributed by atoms with Crippen LogP contribution in [-0.4, -0.2) is 98.8 Å². The zero-order chi connectivity index (χ0) is 54.7. The lowest BCUT2D eigenvalue weighted by molar-refractivity contribution is -0.144. The molecule has 0 radical (unpaired) electrons. The number of carbonyl (C=O) groups excluding carboxylic acids is 4. The second-order valence-corrected chi connectivity index (χ2v) is 20.7. The first-order chi connectivity index (χ1) is 35.3. The van der Waals surface area contributed by atoms with Gasteiger partial charge < -0.3 is 35.0 Å². The number of alkyl halides is 3. The molecule has 4 heterocycles. The maximum atomic E-state index is 15.4. The molecule has 7 rings (SSSR count). The van der Waals surface area contributed by atoms with Gasteiger partial charge in [0.05, 0.1) is 63.7 Å². The van der Waals surface area contributed by atoms with Crippen molar-refractivity contribution in [3.8, 4) is 33.5 Å². The molecule has 2 aliphatic rings. The Bertz CT molecular complexity index is 3010. The van der Waals surface area contributed by atoms with Gasteiger partial charge in [0, 0.05) is 31.7 Å². The number of pyridine rings is 1. The van der Waals surface area contributed by atoms with Crippen molar-refractivity contribution >= 4 is 63.7 Å². The van der Waals surface area contributed by atoms with Crippen LogP contribution in [0.1, 0.15) is 76.3 Å². The van der Waals surface area contributed by atoms with E-state index in [-0.39, 0.29) is 61.2 Å². The third-order valence-corrected chi connectivity index (χ3v) is 14.0. The molecule has 75 heavy (non-hydrogen) atoms. The quantitative estimate of drug-likeness (QED) is 0.0459. The maximum Gasteiger partial charge on any atom is 0.420 e. The molecular weight excluding hydrogens is 1030 g/mol. The highest BCUT2D eigenvalue weighted by atomic mass is 32.1. The fourth-order valence-corrected chi connectivity index (χ4v) is 10.0. The van der Waals surface area contributed by atoms with Crippen LogP contribution in [-0.2, 0) is 36.6 Å². The van der Waals surface area contributed by atoms with Gasteiger partial charge in [0.1, 0.15) is 29.8 Å². The summed E-state index contributed by atoms with van der Waals surface area (Å²) >= 11 is 7.01. The highest BCUT2D eigenvalue weighted by Gasteiger charge is 2.52. The molecule has 396 valence electrons. The number of anilines is 2. The third kappa shape index (κ3) is 12.1. The number of nitriles is 1. The number of aliphatic hydroxyl groups excluding tert-OH is 1. The summed E-state index contributed by atoms with van der Waals surface area (Å²) in [5.41, 5.74) is -1.21. The molecule has 2 aromatic heterocycles. The number of aromatic nitrogens is 2. The van der Waals surface area contributed by atoms with Crippen LogP contribution in [0.4, 0.5) is 37.7 Å². The minimum Gasteiger partial charge on any atom is -0.488 e. The Kier molecular flexibility index (Phi) is 16.7. The van der Waals surface area contributed by atoms with Crippen molar-refractivity contribution in [3.63, 3.8) is 0 Å². The summed E-state index contributed by atoms with van der Waals surface area (Å²) in [5, 5.41) is 24.9. The number of likely N-dealkylation sites (tertiary alicyclic amines) is 1. The summed E-state index contributed by atoms with van der Waals surface area (Å²) < 4.78 is 98.3. The average molecular weight is 1080 g/mol. The fourth-order valence-electron chi connectivity index (χ4n) is 8.71. The molecule has 23 heteroatoms. The largest absolute Gasteiger partial charge is 0.488 e. The summed E-state index contributed by atoms with van der Waals surface area (Å²) in [5.74, 6) is -7.05. The number of thiazole rings is 1. The van der Waals surface area contributed by atoms with Crippen molar-refractivity contribution in [2.45, 2.75) is 97.3 Å². The van der Waals surface area contributed by atoms with Gasteiger partial charge in [-0.05, 0) is 98.8 Å². The molecule has 5 aromatic rings. The van der Waals surface area contributed by atoms with Gasteiger partial charge in [-0.1, -0.05) is 45.0 Å². The van der Waals surface area contributed by atoms with Crippen LogP contribution in [0.25, 0.3) is 21.7 Å². The second-order valence-electron chi connectivity index (χ2n) is 19.5. The first-order valence-electron chi connectivity index (χ1n) is 23.5. The van der Waals surface area contributed by atoms with Crippen molar-refractivity contribution in [2.75, 3.05) is 36.2 Å². The second kappa shape index (κ2) is 22.5. The highest BCUT2D eigenvalue weighted by molar-refractivity contribution is 7.81. The number of benzene rings is 3. The number of halogens is 6. The predicted octanol–water partition coefficient (Wildman–Crippen LogP) is 8.39. The first-order valence-corrected chi connectivity index (χ1v) is 24.8. The van der Waals surface area contributed by atoms with Crippen LogP contribution in [0.15, 0.2) is 72.4 Å². The SMILES string of the molecule is Cc1ncsc1-c1ccc(CNC(=O)[C@@H]2C[C@@H](O)CN2C(=O)[C@@H](NC(=O)COCCCCOc2c(F)cc(-c3ccc(N4C(=S)N(c5ccc(C#N)c(C(F)(F)F)c5F)C(=O)C4(C)C)cn3)cc2F)C(C)(C)C)cc1. The molecular formula is C52H52F6N8O7S2. The number of rotatable bonds is 17. The van der Waals surface area contributed by atoms with E-state index in [1.807, 2.05) is 31.2 Å². The number of β-amino-alcohol motifs (C(OH)–C–C–N with tert-alkyl or cyclic N) is 1. The Morgan fingerprint density at radius 3 is 2.27 bits per heavy atom. The summed E-state index contributed by atoms with van der Waals surface area (Å²) in [6, 6.07) is 13.3. The van der Waals surface area contributed by atoms with Crippen LogP contribution >= 0.6 is 23.6 Å². The number of unbranched alkanes of at least 4 members (excludes halogenated alkanes) is 1. The van der Waals surface area contributed by atoms with Gasteiger partial charge in [0.2, 0.25) is 17.7 Å². The van der Waals surface area contributed by atoms with E-state index >= 15 is 13.2 Å². The lowest BCUT2D eigenvalue weighted by Gasteiger charge is -2.35. The van der Waals surface area contributed by atoms with E-state index in [9.17, 15) is 42.7 Å². The fraction of sp³-hybridized carbons (Fsp3) is 0.385. The number of aryl methyl sites for hydroxylation is 1. The Hall–Kier alpha value is -7.00. The molecule has 3 aromatic carbocycles. The Labute approximate surface area is 437 Å². The monoisotopic (exact) mass is 1080 g/mol. The Morgan fingerprint density at radius 2 is 1.67 bits per heavy atom. The van der Waals surface area contributed by atoms with Gasteiger partial charge in [0.25, 0.3) is 5.91 Å². The van der Waals surface area contributed by atoms with Crippen LogP contribution in [0.2, 0.25) is 0 Å². The smallest absolute Gasteiger partial charge is 0.420 e. The van der Waals surface area contributed by atoms with E-state index in [1.165, 1.54) is 59.4 Å². The van der Waals surface area contributed by atoms with Crippen LogP contribution in [0.5, 0.6) is 5.75 Å². The molecule has 4 amide bonds. The van der Waals surface area contributed by atoms with Gasteiger partial charge in [0.15, 0.2) is 28.3 Å².